The lowest BCUT2D eigenvalue weighted by atomic mass is 9.71. The summed E-state index contributed by atoms with van der Waals surface area (Å²) >= 11 is 2.12. The molecule has 1 aliphatic heterocycles. The predicted molar refractivity (Wildman–Crippen MR) is 50.7 cm³/mol. The highest BCUT2D eigenvalue weighted by Crippen LogP contribution is 2.39. The lowest BCUT2D eigenvalue weighted by Gasteiger charge is -2.40. The van der Waals surface area contributed by atoms with Gasteiger partial charge in [0.25, 0.3) is 0 Å². The van der Waals surface area contributed by atoms with Crippen molar-refractivity contribution in [1.29, 1.82) is 0 Å². The van der Waals surface area contributed by atoms with Gasteiger partial charge in [-0.25, -0.2) is 0 Å². The van der Waals surface area contributed by atoms with Crippen LogP contribution in [0.3, 0.4) is 0 Å². The Morgan fingerprint density at radius 3 is 2.18 bits per heavy atom. The first kappa shape index (κ1) is 7.93. The second-order valence-corrected chi connectivity index (χ2v) is 5.17. The van der Waals surface area contributed by atoms with Crippen molar-refractivity contribution in [2.45, 2.75) is 31.7 Å². The van der Waals surface area contributed by atoms with Gasteiger partial charge in [0.1, 0.15) is 0 Å². The molecule has 0 atom stereocenters. The molecule has 0 radical (unpaired) electrons. The lowest BCUT2D eigenvalue weighted by Crippen LogP contribution is -2.40. The monoisotopic (exact) mass is 171 g/mol. The van der Waals surface area contributed by atoms with Gasteiger partial charge in [0, 0.05) is 6.04 Å². The maximum absolute atomic E-state index is 5.77. The van der Waals surface area contributed by atoms with Gasteiger partial charge >= 0.3 is 0 Å². The number of nitrogens with two attached hydrogens (primary N) is 1. The van der Waals surface area contributed by atoms with Gasteiger partial charge in [-0.15, -0.1) is 0 Å². The number of hydrogen-bond donors (Lipinski definition) is 1. The minimum Gasteiger partial charge on any atom is -0.328 e. The second-order valence-electron chi connectivity index (χ2n) is 3.94. The summed E-state index contributed by atoms with van der Waals surface area (Å²) in [6, 6.07) is 0.551. The molecule has 1 aliphatic carbocycles. The first-order chi connectivity index (χ1) is 5.36. The Morgan fingerprint density at radius 2 is 1.64 bits per heavy atom. The average Bonchev–Trinajstić information content (AvgIpc) is 2.01. The first-order valence-corrected chi connectivity index (χ1v) is 5.85. The molecule has 1 saturated carbocycles. The number of rotatable bonds is 1. The van der Waals surface area contributed by atoms with E-state index in [0.717, 1.165) is 11.8 Å². The zero-order chi connectivity index (χ0) is 7.68. The third kappa shape index (κ3) is 1.73. The van der Waals surface area contributed by atoms with E-state index in [-0.39, 0.29) is 0 Å². The third-order valence-electron chi connectivity index (χ3n) is 3.14. The molecule has 2 fully saturated rings. The summed E-state index contributed by atoms with van der Waals surface area (Å²) < 4.78 is 0. The Morgan fingerprint density at radius 1 is 1.00 bits per heavy atom. The van der Waals surface area contributed by atoms with Crippen molar-refractivity contribution < 1.29 is 0 Å². The van der Waals surface area contributed by atoms with Crippen molar-refractivity contribution in [2.75, 3.05) is 11.5 Å². The molecule has 0 unspecified atom stereocenters. The average molecular weight is 171 g/mol. The molecule has 2 rings (SSSR count). The molecule has 64 valence electrons. The summed E-state index contributed by atoms with van der Waals surface area (Å²) in [6.07, 6.45) is 5.55. The molecule has 1 saturated heterocycles. The normalized spacial score (nSPS) is 40.1. The first-order valence-electron chi connectivity index (χ1n) is 4.69. The molecule has 0 aromatic heterocycles. The van der Waals surface area contributed by atoms with Crippen molar-refractivity contribution in [2.24, 2.45) is 17.6 Å². The summed E-state index contributed by atoms with van der Waals surface area (Å²) in [6.45, 7) is 0. The van der Waals surface area contributed by atoms with Crippen molar-refractivity contribution in [3.8, 4) is 0 Å². The summed E-state index contributed by atoms with van der Waals surface area (Å²) in [7, 11) is 0. The van der Waals surface area contributed by atoms with E-state index in [1.165, 1.54) is 37.2 Å². The number of hydrogen-bond acceptors (Lipinski definition) is 2. The van der Waals surface area contributed by atoms with Crippen molar-refractivity contribution in [3.05, 3.63) is 0 Å². The highest BCUT2D eigenvalue weighted by molar-refractivity contribution is 7.99. The van der Waals surface area contributed by atoms with Gasteiger partial charge in [-0.1, -0.05) is 0 Å². The third-order valence-corrected chi connectivity index (χ3v) is 4.19. The highest BCUT2D eigenvalue weighted by Gasteiger charge is 2.33. The topological polar surface area (TPSA) is 26.0 Å². The van der Waals surface area contributed by atoms with E-state index < -0.39 is 0 Å². The van der Waals surface area contributed by atoms with Gasteiger partial charge < -0.3 is 5.73 Å². The number of thioether (sulfide) groups is 1. The minimum atomic E-state index is 0.551. The Kier molecular flexibility index (Phi) is 2.42. The molecule has 0 spiro atoms. The second kappa shape index (κ2) is 3.36. The van der Waals surface area contributed by atoms with Crippen LogP contribution < -0.4 is 5.73 Å². The highest BCUT2D eigenvalue weighted by atomic mass is 32.2. The molecular formula is C9H17NS. The Hall–Kier alpha value is 0.310. The van der Waals surface area contributed by atoms with E-state index >= 15 is 0 Å². The lowest BCUT2D eigenvalue weighted by molar-refractivity contribution is 0.166. The maximum Gasteiger partial charge on any atom is 0.00443 e. The SMILES string of the molecule is NC1CC(C2CCSCC2)C1. The smallest absolute Gasteiger partial charge is 0.00443 e. The molecule has 0 aromatic carbocycles. The Labute approximate surface area is 73.1 Å². The molecule has 11 heavy (non-hydrogen) atoms. The molecule has 1 nitrogen and oxygen atoms in total. The predicted octanol–water partition coefficient (Wildman–Crippen LogP) is 1.87. The van der Waals surface area contributed by atoms with Crippen LogP contribution in [0.15, 0.2) is 0 Å². The van der Waals surface area contributed by atoms with Crippen LogP contribution in [0.1, 0.15) is 25.7 Å². The Bertz CT molecular complexity index is 126. The van der Waals surface area contributed by atoms with Crippen LogP contribution in [0.5, 0.6) is 0 Å². The molecular weight excluding hydrogens is 154 g/mol. The van der Waals surface area contributed by atoms with Gasteiger partial charge in [0.15, 0.2) is 0 Å². The summed E-state index contributed by atoms with van der Waals surface area (Å²) in [4.78, 5) is 0. The van der Waals surface area contributed by atoms with Gasteiger partial charge in [0.2, 0.25) is 0 Å². The summed E-state index contributed by atoms with van der Waals surface area (Å²) in [5, 5.41) is 0. The minimum absolute atomic E-state index is 0.551. The largest absolute Gasteiger partial charge is 0.328 e. The van der Waals surface area contributed by atoms with Crippen molar-refractivity contribution in [1.82, 2.24) is 0 Å². The van der Waals surface area contributed by atoms with Crippen LogP contribution in [0.4, 0.5) is 0 Å². The van der Waals surface area contributed by atoms with E-state index in [1.54, 1.807) is 0 Å². The quantitative estimate of drug-likeness (QED) is 0.652. The van der Waals surface area contributed by atoms with Crippen LogP contribution in [-0.2, 0) is 0 Å². The molecule has 2 aliphatic rings. The fourth-order valence-corrected chi connectivity index (χ4v) is 3.42. The van der Waals surface area contributed by atoms with Crippen LogP contribution in [0.2, 0.25) is 0 Å². The molecule has 1 heterocycles. The molecule has 2 N–H and O–H groups in total. The van der Waals surface area contributed by atoms with Crippen LogP contribution >= 0.6 is 11.8 Å². The zero-order valence-electron chi connectivity index (χ0n) is 6.96. The fraction of sp³-hybridized carbons (Fsp3) is 1.00. The van der Waals surface area contributed by atoms with Crippen LogP contribution in [0, 0.1) is 11.8 Å². The van der Waals surface area contributed by atoms with Crippen molar-refractivity contribution in [3.63, 3.8) is 0 Å². The van der Waals surface area contributed by atoms with E-state index in [4.69, 9.17) is 5.73 Å². The van der Waals surface area contributed by atoms with Gasteiger partial charge in [-0.05, 0) is 49.0 Å². The summed E-state index contributed by atoms with van der Waals surface area (Å²) in [5.74, 6) is 4.84. The zero-order valence-corrected chi connectivity index (χ0v) is 7.78. The van der Waals surface area contributed by atoms with E-state index in [2.05, 4.69) is 11.8 Å². The Balaban J connectivity index is 1.76. The van der Waals surface area contributed by atoms with E-state index in [0.29, 0.717) is 6.04 Å². The van der Waals surface area contributed by atoms with Crippen LogP contribution in [-0.4, -0.2) is 17.5 Å². The van der Waals surface area contributed by atoms with E-state index in [1.807, 2.05) is 0 Å². The maximum atomic E-state index is 5.77. The van der Waals surface area contributed by atoms with Gasteiger partial charge in [-0.2, -0.15) is 11.8 Å². The van der Waals surface area contributed by atoms with Crippen molar-refractivity contribution >= 4 is 11.8 Å². The van der Waals surface area contributed by atoms with Gasteiger partial charge in [-0.3, -0.25) is 0 Å². The van der Waals surface area contributed by atoms with Gasteiger partial charge in [0.05, 0.1) is 0 Å². The molecule has 2 heteroatoms. The molecule has 0 aromatic rings. The summed E-state index contributed by atoms with van der Waals surface area (Å²) in [5.41, 5.74) is 5.77. The molecule has 0 amide bonds. The van der Waals surface area contributed by atoms with Crippen LogP contribution in [0.25, 0.3) is 0 Å². The molecule has 0 bridgehead atoms. The van der Waals surface area contributed by atoms with E-state index in [9.17, 15) is 0 Å². The fourth-order valence-electron chi connectivity index (χ4n) is 2.28. The standard InChI is InChI=1S/C9H17NS/c10-9-5-8(6-9)7-1-3-11-4-2-7/h7-9H,1-6,10H2.